The third kappa shape index (κ3) is 3.14. The third-order valence-electron chi connectivity index (χ3n) is 2.38. The number of nitro groups is 1. The largest absolute Gasteiger partial charge is 0.490 e. The Labute approximate surface area is 115 Å². The number of hydrogen-bond donors (Lipinski definition) is 1. The predicted octanol–water partition coefficient (Wildman–Crippen LogP) is 2.76. The summed E-state index contributed by atoms with van der Waals surface area (Å²) in [6.45, 7) is 2.32. The Hall–Kier alpha value is -2.83. The van der Waals surface area contributed by atoms with Crippen LogP contribution in [0.1, 0.15) is 6.92 Å². The van der Waals surface area contributed by atoms with Crippen LogP contribution in [-0.4, -0.2) is 16.5 Å². The summed E-state index contributed by atoms with van der Waals surface area (Å²) < 4.78 is 10.9. The molecule has 0 saturated carbocycles. The van der Waals surface area contributed by atoms with Crippen molar-refractivity contribution >= 4 is 11.5 Å². The van der Waals surface area contributed by atoms with E-state index >= 15 is 0 Å². The first-order valence-electron chi connectivity index (χ1n) is 5.91. The molecule has 2 aromatic rings. The van der Waals surface area contributed by atoms with E-state index in [2.05, 4.69) is 4.98 Å². The molecule has 2 N–H and O–H groups in total. The van der Waals surface area contributed by atoms with Crippen molar-refractivity contribution in [2.24, 2.45) is 0 Å². The van der Waals surface area contributed by atoms with Crippen molar-refractivity contribution in [2.75, 3.05) is 12.3 Å². The summed E-state index contributed by atoms with van der Waals surface area (Å²) in [6, 6.07) is 9.35. The zero-order valence-corrected chi connectivity index (χ0v) is 10.8. The molecule has 0 unspecified atom stereocenters. The molecule has 0 radical (unpaired) electrons. The number of ether oxygens (including phenoxy) is 2. The van der Waals surface area contributed by atoms with Gasteiger partial charge in [-0.3, -0.25) is 10.1 Å². The van der Waals surface area contributed by atoms with Gasteiger partial charge in [0.25, 0.3) is 5.69 Å². The molecule has 7 heteroatoms. The van der Waals surface area contributed by atoms with Gasteiger partial charge in [0.2, 0.25) is 5.88 Å². The number of pyridine rings is 1. The van der Waals surface area contributed by atoms with E-state index in [0.29, 0.717) is 18.1 Å². The molecule has 0 fully saturated rings. The molecule has 104 valence electrons. The van der Waals surface area contributed by atoms with Gasteiger partial charge in [-0.05, 0) is 19.1 Å². The van der Waals surface area contributed by atoms with Gasteiger partial charge in [0.05, 0.1) is 23.7 Å². The summed E-state index contributed by atoms with van der Waals surface area (Å²) in [5, 5.41) is 10.8. The Morgan fingerprint density at radius 2 is 2.00 bits per heavy atom. The Morgan fingerprint density at radius 1 is 1.30 bits per heavy atom. The minimum absolute atomic E-state index is 0.0168. The van der Waals surface area contributed by atoms with E-state index in [1.54, 1.807) is 24.3 Å². The number of para-hydroxylation sites is 2. The van der Waals surface area contributed by atoms with Gasteiger partial charge < -0.3 is 15.2 Å². The lowest BCUT2D eigenvalue weighted by Gasteiger charge is -2.10. The fourth-order valence-electron chi connectivity index (χ4n) is 1.59. The molecule has 1 aromatic carbocycles. The smallest absolute Gasteiger partial charge is 0.278 e. The van der Waals surface area contributed by atoms with Crippen molar-refractivity contribution in [1.82, 2.24) is 4.98 Å². The number of anilines is 1. The summed E-state index contributed by atoms with van der Waals surface area (Å²) >= 11 is 0. The minimum atomic E-state index is -0.556. The van der Waals surface area contributed by atoms with E-state index in [4.69, 9.17) is 15.2 Å². The molecule has 1 heterocycles. The summed E-state index contributed by atoms with van der Waals surface area (Å²) in [6.07, 6.45) is 0. The lowest BCUT2D eigenvalue weighted by Crippen LogP contribution is -1.99. The van der Waals surface area contributed by atoms with Crippen LogP contribution >= 0.6 is 0 Å². The first-order chi connectivity index (χ1) is 9.60. The molecule has 0 aliphatic rings. The van der Waals surface area contributed by atoms with E-state index in [9.17, 15) is 10.1 Å². The highest BCUT2D eigenvalue weighted by atomic mass is 16.6. The molecule has 0 aliphatic carbocycles. The first kappa shape index (κ1) is 13.6. The van der Waals surface area contributed by atoms with Crippen molar-refractivity contribution in [1.29, 1.82) is 0 Å². The number of aromatic nitrogens is 1. The number of rotatable bonds is 5. The summed E-state index contributed by atoms with van der Waals surface area (Å²) in [5.74, 6) is 1.01. The Balaban J connectivity index is 2.32. The van der Waals surface area contributed by atoms with Crippen LogP contribution in [0, 0.1) is 10.1 Å². The zero-order valence-electron chi connectivity index (χ0n) is 10.8. The number of hydrogen-bond acceptors (Lipinski definition) is 6. The Morgan fingerprint density at radius 3 is 2.65 bits per heavy atom. The highest BCUT2D eigenvalue weighted by Crippen LogP contribution is 2.32. The van der Waals surface area contributed by atoms with Crippen molar-refractivity contribution < 1.29 is 14.4 Å². The van der Waals surface area contributed by atoms with Crippen LogP contribution in [0.3, 0.4) is 0 Å². The summed E-state index contributed by atoms with van der Waals surface area (Å²) in [5.41, 5.74) is 5.34. The average molecular weight is 275 g/mol. The molecule has 0 aliphatic heterocycles. The van der Waals surface area contributed by atoms with Crippen molar-refractivity contribution in [3.8, 4) is 17.4 Å². The highest BCUT2D eigenvalue weighted by molar-refractivity contribution is 5.48. The molecule has 7 nitrogen and oxygen atoms in total. The first-order valence-corrected chi connectivity index (χ1v) is 5.91. The van der Waals surface area contributed by atoms with Crippen LogP contribution in [0.4, 0.5) is 11.5 Å². The molecule has 0 saturated heterocycles. The fraction of sp³-hybridized carbons (Fsp3) is 0.154. The van der Waals surface area contributed by atoms with Crippen LogP contribution in [0.15, 0.2) is 36.4 Å². The number of benzene rings is 1. The maximum absolute atomic E-state index is 10.8. The van der Waals surface area contributed by atoms with Crippen LogP contribution in [-0.2, 0) is 0 Å². The normalized spacial score (nSPS) is 10.1. The second-order valence-electron chi connectivity index (χ2n) is 3.83. The van der Waals surface area contributed by atoms with Gasteiger partial charge in [-0.1, -0.05) is 12.1 Å². The van der Waals surface area contributed by atoms with E-state index in [1.807, 2.05) is 6.92 Å². The van der Waals surface area contributed by atoms with Crippen LogP contribution in [0.2, 0.25) is 0 Å². The lowest BCUT2D eigenvalue weighted by atomic mass is 10.3. The van der Waals surface area contributed by atoms with Crippen molar-refractivity contribution in [3.63, 3.8) is 0 Å². The predicted molar refractivity (Wildman–Crippen MR) is 73.0 cm³/mol. The Kier molecular flexibility index (Phi) is 3.99. The zero-order chi connectivity index (χ0) is 14.5. The fourth-order valence-corrected chi connectivity index (χ4v) is 1.59. The molecule has 0 spiro atoms. The molecule has 2 rings (SSSR count). The van der Waals surface area contributed by atoms with E-state index < -0.39 is 4.92 Å². The van der Waals surface area contributed by atoms with Gasteiger partial charge in [0.15, 0.2) is 11.5 Å². The van der Waals surface area contributed by atoms with E-state index in [-0.39, 0.29) is 17.4 Å². The van der Waals surface area contributed by atoms with Gasteiger partial charge in [-0.25, -0.2) is 0 Å². The maximum atomic E-state index is 10.8. The second-order valence-corrected chi connectivity index (χ2v) is 3.83. The molecule has 20 heavy (non-hydrogen) atoms. The topological polar surface area (TPSA) is 101 Å². The molecule has 0 bridgehead atoms. The van der Waals surface area contributed by atoms with Crippen LogP contribution in [0.25, 0.3) is 0 Å². The van der Waals surface area contributed by atoms with Crippen molar-refractivity contribution in [2.45, 2.75) is 6.92 Å². The summed E-state index contributed by atoms with van der Waals surface area (Å²) in [4.78, 5) is 14.1. The van der Waals surface area contributed by atoms with E-state index in [0.717, 1.165) is 0 Å². The van der Waals surface area contributed by atoms with Gasteiger partial charge in [0.1, 0.15) is 5.82 Å². The van der Waals surface area contributed by atoms with Crippen LogP contribution in [0.5, 0.6) is 17.4 Å². The third-order valence-corrected chi connectivity index (χ3v) is 2.38. The Bertz CT molecular complexity index is 631. The number of nitrogen functional groups attached to an aromatic ring is 1. The van der Waals surface area contributed by atoms with Gasteiger partial charge in [-0.2, -0.15) is 4.98 Å². The minimum Gasteiger partial charge on any atom is -0.490 e. The number of nitrogens with zero attached hydrogens (tertiary/aromatic N) is 2. The molecule has 1 aromatic heterocycles. The molecular weight excluding hydrogens is 262 g/mol. The lowest BCUT2D eigenvalue weighted by molar-refractivity contribution is -0.384. The molecular formula is C13H13N3O4. The van der Waals surface area contributed by atoms with Gasteiger partial charge in [-0.15, -0.1) is 0 Å². The molecule has 0 atom stereocenters. The summed E-state index contributed by atoms with van der Waals surface area (Å²) in [7, 11) is 0. The quantitative estimate of drug-likeness (QED) is 0.665. The van der Waals surface area contributed by atoms with Gasteiger partial charge in [0, 0.05) is 0 Å². The maximum Gasteiger partial charge on any atom is 0.278 e. The van der Waals surface area contributed by atoms with Crippen LogP contribution < -0.4 is 15.2 Å². The standard InChI is InChI=1S/C13H13N3O4/c1-2-19-10-5-3-4-6-11(10)20-13-8-9(16(17)18)7-12(14)15-13/h3-8H,2H2,1H3,(H2,14,15). The SMILES string of the molecule is CCOc1ccccc1Oc1cc([N+](=O)[O-])cc(N)n1. The van der Waals surface area contributed by atoms with Gasteiger partial charge >= 0.3 is 0 Å². The number of nitrogens with two attached hydrogens (primary N) is 1. The second kappa shape index (κ2) is 5.87. The average Bonchev–Trinajstić information content (AvgIpc) is 2.40. The molecule has 0 amide bonds. The highest BCUT2D eigenvalue weighted by Gasteiger charge is 2.13. The van der Waals surface area contributed by atoms with E-state index in [1.165, 1.54) is 12.1 Å². The van der Waals surface area contributed by atoms with Crippen molar-refractivity contribution in [3.05, 3.63) is 46.5 Å². The monoisotopic (exact) mass is 275 g/mol.